The molecule has 2 N–H and O–H groups in total. The lowest BCUT2D eigenvalue weighted by Gasteiger charge is -2.09. The Bertz CT molecular complexity index is 591. The van der Waals surface area contributed by atoms with Gasteiger partial charge in [-0.1, -0.05) is 6.92 Å². The Morgan fingerprint density at radius 1 is 1.50 bits per heavy atom. The summed E-state index contributed by atoms with van der Waals surface area (Å²) in [5, 5.41) is 8.70. The maximum atomic E-state index is 12.9. The van der Waals surface area contributed by atoms with E-state index in [1.807, 2.05) is 0 Å². The third-order valence-corrected chi connectivity index (χ3v) is 5.15. The number of hydrogen-bond acceptors (Lipinski definition) is 3. The molecule has 1 unspecified atom stereocenters. The summed E-state index contributed by atoms with van der Waals surface area (Å²) in [5.41, 5.74) is 0. The molecule has 1 atom stereocenters. The van der Waals surface area contributed by atoms with Crippen LogP contribution in [0.15, 0.2) is 27.6 Å². The number of halogens is 2. The van der Waals surface area contributed by atoms with Crippen molar-refractivity contribution in [2.75, 3.05) is 6.54 Å². The van der Waals surface area contributed by atoms with E-state index in [4.69, 9.17) is 5.11 Å². The van der Waals surface area contributed by atoms with Crippen molar-refractivity contribution < 1.29 is 22.7 Å². The van der Waals surface area contributed by atoms with Crippen molar-refractivity contribution in [3.05, 3.63) is 28.5 Å². The molecule has 0 aromatic heterocycles. The van der Waals surface area contributed by atoms with Crippen LogP contribution >= 0.6 is 15.9 Å². The zero-order valence-corrected chi connectivity index (χ0v) is 13.2. The van der Waals surface area contributed by atoms with E-state index in [-0.39, 0.29) is 15.9 Å². The summed E-state index contributed by atoms with van der Waals surface area (Å²) < 4.78 is 39.3. The normalized spacial score (nSPS) is 13.2. The van der Waals surface area contributed by atoms with Crippen LogP contribution in [0.5, 0.6) is 0 Å². The van der Waals surface area contributed by atoms with Crippen molar-refractivity contribution in [1.82, 2.24) is 4.72 Å². The monoisotopic (exact) mass is 367 g/mol. The molecule has 0 heterocycles. The second-order valence-corrected chi connectivity index (χ2v) is 6.94. The Kier molecular flexibility index (Phi) is 6.09. The summed E-state index contributed by atoms with van der Waals surface area (Å²) in [7, 11) is -3.74. The smallest absolute Gasteiger partial charge is 0.306 e. The number of hydrogen-bond donors (Lipinski definition) is 2. The molecule has 0 fully saturated rings. The highest BCUT2D eigenvalue weighted by Crippen LogP contribution is 2.22. The van der Waals surface area contributed by atoms with Crippen molar-refractivity contribution in [1.29, 1.82) is 0 Å². The average Bonchev–Trinajstić information content (AvgIpc) is 2.33. The van der Waals surface area contributed by atoms with Gasteiger partial charge in [-0.25, -0.2) is 17.5 Å². The van der Waals surface area contributed by atoms with Gasteiger partial charge in [0.1, 0.15) is 5.82 Å². The molecule has 20 heavy (non-hydrogen) atoms. The first-order chi connectivity index (χ1) is 9.24. The van der Waals surface area contributed by atoms with Crippen LogP contribution in [0.1, 0.15) is 19.8 Å². The number of aliphatic carboxylic acids is 1. The molecule has 8 heteroatoms. The molecule has 112 valence electrons. The molecule has 0 saturated carbocycles. The van der Waals surface area contributed by atoms with Crippen LogP contribution in [0, 0.1) is 11.7 Å². The van der Waals surface area contributed by atoms with Crippen LogP contribution in [-0.2, 0) is 14.8 Å². The van der Waals surface area contributed by atoms with Crippen molar-refractivity contribution in [2.24, 2.45) is 5.92 Å². The molecule has 1 aromatic rings. The number of sulfonamides is 1. The first kappa shape index (κ1) is 17.1. The molecule has 0 radical (unpaired) electrons. The van der Waals surface area contributed by atoms with Gasteiger partial charge in [0.15, 0.2) is 0 Å². The first-order valence-electron chi connectivity index (χ1n) is 5.91. The molecular weight excluding hydrogens is 353 g/mol. The Morgan fingerprint density at radius 2 is 2.15 bits per heavy atom. The largest absolute Gasteiger partial charge is 0.481 e. The quantitative estimate of drug-likeness (QED) is 0.724. The van der Waals surface area contributed by atoms with Crippen molar-refractivity contribution in [3.63, 3.8) is 0 Å². The summed E-state index contributed by atoms with van der Waals surface area (Å²) in [6.45, 7) is 1.69. The fourth-order valence-corrected chi connectivity index (χ4v) is 3.63. The Hall–Kier alpha value is -0.990. The van der Waals surface area contributed by atoms with E-state index in [2.05, 4.69) is 20.7 Å². The molecule has 0 aliphatic rings. The predicted octanol–water partition coefficient (Wildman–Crippen LogP) is 2.37. The van der Waals surface area contributed by atoms with Gasteiger partial charge >= 0.3 is 5.97 Å². The Balaban J connectivity index is 2.60. The molecular formula is C12H15BrFNO4S. The van der Waals surface area contributed by atoms with Crippen LogP contribution in [0.4, 0.5) is 4.39 Å². The number of carboxylic acid groups (broad SMARTS) is 1. The summed E-state index contributed by atoms with van der Waals surface area (Å²) >= 11 is 3.00. The van der Waals surface area contributed by atoms with Crippen molar-refractivity contribution in [3.8, 4) is 0 Å². The van der Waals surface area contributed by atoms with Crippen molar-refractivity contribution >= 4 is 31.9 Å². The topological polar surface area (TPSA) is 83.5 Å². The number of rotatable bonds is 7. The van der Waals surface area contributed by atoms with Gasteiger partial charge in [-0.3, -0.25) is 4.79 Å². The van der Waals surface area contributed by atoms with Crippen LogP contribution in [-0.4, -0.2) is 26.0 Å². The lowest BCUT2D eigenvalue weighted by atomic mass is 10.1. The van der Waals surface area contributed by atoms with Crippen LogP contribution in [0.3, 0.4) is 0 Å². The maximum absolute atomic E-state index is 12.9. The van der Waals surface area contributed by atoms with E-state index < -0.39 is 27.7 Å². The summed E-state index contributed by atoms with van der Waals surface area (Å²) in [4.78, 5) is 10.6. The second-order valence-electron chi connectivity index (χ2n) is 4.35. The summed E-state index contributed by atoms with van der Waals surface area (Å²) in [5.74, 6) is -1.96. The van der Waals surface area contributed by atoms with Gasteiger partial charge in [0.25, 0.3) is 0 Å². The van der Waals surface area contributed by atoms with Gasteiger partial charge in [-0.2, -0.15) is 0 Å². The van der Waals surface area contributed by atoms with Crippen molar-refractivity contribution in [2.45, 2.75) is 24.7 Å². The molecule has 1 aromatic carbocycles. The Labute approximate surface area is 125 Å². The highest BCUT2D eigenvalue weighted by molar-refractivity contribution is 9.10. The van der Waals surface area contributed by atoms with E-state index in [9.17, 15) is 17.6 Å². The third-order valence-electron chi connectivity index (χ3n) is 2.71. The molecule has 0 bridgehead atoms. The third kappa shape index (κ3) is 4.84. The molecule has 1 rings (SSSR count). The molecule has 0 aliphatic heterocycles. The highest BCUT2D eigenvalue weighted by atomic mass is 79.9. The minimum Gasteiger partial charge on any atom is -0.481 e. The average molecular weight is 368 g/mol. The maximum Gasteiger partial charge on any atom is 0.306 e. The van der Waals surface area contributed by atoms with Crippen LogP contribution in [0.25, 0.3) is 0 Å². The second kappa shape index (κ2) is 7.14. The zero-order valence-electron chi connectivity index (χ0n) is 10.8. The van der Waals surface area contributed by atoms with Gasteiger partial charge in [0, 0.05) is 11.0 Å². The molecule has 0 saturated heterocycles. The van der Waals surface area contributed by atoms with Gasteiger partial charge in [0.2, 0.25) is 10.0 Å². The highest BCUT2D eigenvalue weighted by Gasteiger charge is 2.18. The van der Waals surface area contributed by atoms with E-state index >= 15 is 0 Å². The molecule has 5 nitrogen and oxygen atoms in total. The van der Waals surface area contributed by atoms with E-state index in [1.54, 1.807) is 6.92 Å². The fourth-order valence-electron chi connectivity index (χ4n) is 1.51. The number of carboxylic acids is 1. The van der Waals surface area contributed by atoms with Gasteiger partial charge in [-0.15, -0.1) is 0 Å². The van der Waals surface area contributed by atoms with Crippen LogP contribution < -0.4 is 4.72 Å². The zero-order chi connectivity index (χ0) is 15.3. The van der Waals surface area contributed by atoms with Gasteiger partial charge in [0.05, 0.1) is 10.8 Å². The number of carbonyl (C=O) groups is 1. The summed E-state index contributed by atoms with van der Waals surface area (Å²) in [6.07, 6.45) is 0.786. The summed E-state index contributed by atoms with van der Waals surface area (Å²) in [6, 6.07) is 3.30. The van der Waals surface area contributed by atoms with Crippen LogP contribution in [0.2, 0.25) is 0 Å². The fraction of sp³-hybridized carbons (Fsp3) is 0.417. The lowest BCUT2D eigenvalue weighted by Crippen LogP contribution is -2.26. The molecule has 0 aliphatic carbocycles. The minimum atomic E-state index is -3.74. The Morgan fingerprint density at radius 3 is 2.70 bits per heavy atom. The van der Waals surface area contributed by atoms with Gasteiger partial charge in [-0.05, 0) is 47.0 Å². The SMILES string of the molecule is CC(CCCNS(=O)(=O)c1ccc(F)cc1Br)C(=O)O. The van der Waals surface area contributed by atoms with Gasteiger partial charge < -0.3 is 5.11 Å². The van der Waals surface area contributed by atoms with E-state index in [0.717, 1.165) is 12.1 Å². The number of nitrogens with one attached hydrogen (secondary N) is 1. The predicted molar refractivity (Wildman–Crippen MR) is 75.3 cm³/mol. The minimum absolute atomic E-state index is 0.0508. The number of benzene rings is 1. The van der Waals surface area contributed by atoms with E-state index in [1.165, 1.54) is 6.07 Å². The molecule has 0 spiro atoms. The first-order valence-corrected chi connectivity index (χ1v) is 8.19. The lowest BCUT2D eigenvalue weighted by molar-refractivity contribution is -0.141. The van der Waals surface area contributed by atoms with E-state index in [0.29, 0.717) is 12.8 Å². The molecule has 0 amide bonds. The standard InChI is InChI=1S/C12H15BrFNO4S/c1-8(12(16)17)3-2-6-15-20(18,19)11-5-4-9(14)7-10(11)13/h4-5,7-8,15H,2-3,6H2,1H3,(H,16,17).